The van der Waals surface area contributed by atoms with Crippen molar-refractivity contribution in [3.8, 4) is 0 Å². The Kier molecular flexibility index (Phi) is 5.16. The summed E-state index contributed by atoms with van der Waals surface area (Å²) in [6.07, 6.45) is 2.49. The Morgan fingerprint density at radius 2 is 2.04 bits per heavy atom. The van der Waals surface area contributed by atoms with E-state index in [1.807, 2.05) is 43.3 Å². The van der Waals surface area contributed by atoms with E-state index >= 15 is 0 Å². The molecule has 0 saturated carbocycles. The van der Waals surface area contributed by atoms with Crippen LogP contribution in [0.15, 0.2) is 53.6 Å². The molecule has 142 valence electrons. The van der Waals surface area contributed by atoms with Gasteiger partial charge in [-0.05, 0) is 37.1 Å². The number of para-hydroxylation sites is 2. The van der Waals surface area contributed by atoms with Crippen molar-refractivity contribution in [3.05, 3.63) is 69.7 Å². The third-order valence-corrected chi connectivity index (χ3v) is 5.67. The van der Waals surface area contributed by atoms with Gasteiger partial charge in [-0.1, -0.05) is 24.3 Å². The number of carbonyl (C=O) groups is 1. The van der Waals surface area contributed by atoms with E-state index in [1.54, 1.807) is 28.3 Å². The molecule has 28 heavy (non-hydrogen) atoms. The lowest BCUT2D eigenvalue weighted by Crippen LogP contribution is -2.24. The standard InChI is InChI=1S/C21H20N4O2S/c1-14-6-4-7-15-20(14)23-13-25(21(15)27)11-5-10-18(26)22-12-19-24-16-8-2-3-9-17(16)28-19/h2-4,6-9,13H,5,10-12H2,1H3,(H,22,26). The lowest BCUT2D eigenvalue weighted by Gasteiger charge is -2.08. The second-order valence-electron chi connectivity index (χ2n) is 6.67. The number of aromatic nitrogens is 3. The van der Waals surface area contributed by atoms with Crippen LogP contribution < -0.4 is 10.9 Å². The minimum Gasteiger partial charge on any atom is -0.350 e. The Bertz CT molecular complexity index is 1180. The SMILES string of the molecule is Cc1cccc2c(=O)n(CCCC(=O)NCc3nc4ccccc4s3)cnc12. The van der Waals surface area contributed by atoms with Crippen LogP contribution in [0.4, 0.5) is 0 Å². The van der Waals surface area contributed by atoms with Crippen molar-refractivity contribution in [2.75, 3.05) is 0 Å². The number of rotatable bonds is 6. The number of nitrogens with one attached hydrogen (secondary N) is 1. The molecule has 1 N–H and O–H groups in total. The van der Waals surface area contributed by atoms with Crippen molar-refractivity contribution in [1.82, 2.24) is 19.9 Å². The second-order valence-corrected chi connectivity index (χ2v) is 7.79. The molecule has 6 nitrogen and oxygen atoms in total. The zero-order chi connectivity index (χ0) is 19.5. The van der Waals surface area contributed by atoms with Crippen LogP contribution in [-0.2, 0) is 17.9 Å². The Labute approximate surface area is 165 Å². The van der Waals surface area contributed by atoms with Gasteiger partial charge in [0, 0.05) is 13.0 Å². The van der Waals surface area contributed by atoms with E-state index in [-0.39, 0.29) is 11.5 Å². The highest BCUT2D eigenvalue weighted by Crippen LogP contribution is 2.21. The number of hydrogen-bond acceptors (Lipinski definition) is 5. The summed E-state index contributed by atoms with van der Waals surface area (Å²) in [6.45, 7) is 2.83. The summed E-state index contributed by atoms with van der Waals surface area (Å²) in [5, 5.41) is 4.41. The van der Waals surface area contributed by atoms with E-state index in [2.05, 4.69) is 15.3 Å². The maximum atomic E-state index is 12.6. The van der Waals surface area contributed by atoms with Gasteiger partial charge in [-0.2, -0.15) is 0 Å². The fourth-order valence-corrected chi connectivity index (χ4v) is 4.07. The van der Waals surface area contributed by atoms with Crippen LogP contribution in [0, 0.1) is 6.92 Å². The fourth-order valence-electron chi connectivity index (χ4n) is 3.16. The molecule has 7 heteroatoms. The Balaban J connectivity index is 1.32. The molecule has 0 spiro atoms. The van der Waals surface area contributed by atoms with E-state index in [1.165, 1.54) is 0 Å². The first-order valence-electron chi connectivity index (χ1n) is 9.18. The summed E-state index contributed by atoms with van der Waals surface area (Å²) in [4.78, 5) is 33.6. The summed E-state index contributed by atoms with van der Waals surface area (Å²) < 4.78 is 2.69. The van der Waals surface area contributed by atoms with Gasteiger partial charge >= 0.3 is 0 Å². The van der Waals surface area contributed by atoms with Crippen LogP contribution >= 0.6 is 11.3 Å². The first-order valence-corrected chi connectivity index (χ1v) is 9.99. The summed E-state index contributed by atoms with van der Waals surface area (Å²) in [6, 6.07) is 13.5. The number of nitrogens with zero attached hydrogens (tertiary/aromatic N) is 3. The first-order chi connectivity index (χ1) is 13.6. The Morgan fingerprint density at radius 1 is 1.18 bits per heavy atom. The molecule has 0 aliphatic heterocycles. The molecule has 1 amide bonds. The molecular formula is C21H20N4O2S. The normalized spacial score (nSPS) is 11.2. The number of thiazole rings is 1. The van der Waals surface area contributed by atoms with Crippen LogP contribution in [0.3, 0.4) is 0 Å². The van der Waals surface area contributed by atoms with Crippen LogP contribution in [0.1, 0.15) is 23.4 Å². The lowest BCUT2D eigenvalue weighted by atomic mass is 10.1. The highest BCUT2D eigenvalue weighted by molar-refractivity contribution is 7.18. The fraction of sp³-hybridized carbons (Fsp3) is 0.238. The average molecular weight is 392 g/mol. The Hall–Kier alpha value is -3.06. The topological polar surface area (TPSA) is 76.9 Å². The molecule has 0 radical (unpaired) electrons. The molecule has 0 unspecified atom stereocenters. The smallest absolute Gasteiger partial charge is 0.261 e. The molecule has 4 aromatic rings. The highest BCUT2D eigenvalue weighted by atomic mass is 32.1. The number of benzene rings is 2. The van der Waals surface area contributed by atoms with E-state index in [9.17, 15) is 9.59 Å². The van der Waals surface area contributed by atoms with Gasteiger partial charge in [0.2, 0.25) is 5.91 Å². The molecule has 0 atom stereocenters. The van der Waals surface area contributed by atoms with Crippen LogP contribution in [0.5, 0.6) is 0 Å². The lowest BCUT2D eigenvalue weighted by molar-refractivity contribution is -0.121. The van der Waals surface area contributed by atoms with E-state index in [0.717, 1.165) is 26.3 Å². The highest BCUT2D eigenvalue weighted by Gasteiger charge is 2.08. The van der Waals surface area contributed by atoms with Crippen molar-refractivity contribution >= 4 is 38.4 Å². The van der Waals surface area contributed by atoms with Crippen molar-refractivity contribution in [3.63, 3.8) is 0 Å². The zero-order valence-electron chi connectivity index (χ0n) is 15.5. The molecule has 0 fully saturated rings. The van der Waals surface area contributed by atoms with Gasteiger partial charge in [-0.3, -0.25) is 14.2 Å². The minimum atomic E-state index is -0.0661. The molecule has 0 saturated heterocycles. The van der Waals surface area contributed by atoms with E-state index < -0.39 is 0 Å². The third-order valence-electron chi connectivity index (χ3n) is 4.63. The van der Waals surface area contributed by atoms with Gasteiger partial charge in [-0.25, -0.2) is 9.97 Å². The van der Waals surface area contributed by atoms with Crippen molar-refractivity contribution in [2.45, 2.75) is 32.9 Å². The predicted molar refractivity (Wildman–Crippen MR) is 111 cm³/mol. The number of aryl methyl sites for hydroxylation is 2. The second kappa shape index (κ2) is 7.90. The molecule has 2 heterocycles. The summed E-state index contributed by atoms with van der Waals surface area (Å²) in [7, 11) is 0. The van der Waals surface area contributed by atoms with E-state index in [0.29, 0.717) is 31.3 Å². The molecular weight excluding hydrogens is 372 g/mol. The van der Waals surface area contributed by atoms with Crippen molar-refractivity contribution in [2.24, 2.45) is 0 Å². The zero-order valence-corrected chi connectivity index (χ0v) is 16.3. The van der Waals surface area contributed by atoms with Crippen LogP contribution in [0.2, 0.25) is 0 Å². The van der Waals surface area contributed by atoms with Crippen molar-refractivity contribution in [1.29, 1.82) is 0 Å². The van der Waals surface area contributed by atoms with Gasteiger partial charge in [0.25, 0.3) is 5.56 Å². The van der Waals surface area contributed by atoms with Crippen LogP contribution in [-0.4, -0.2) is 20.4 Å². The van der Waals surface area contributed by atoms with Gasteiger partial charge in [0.15, 0.2) is 0 Å². The summed E-state index contributed by atoms with van der Waals surface area (Å²) in [5.74, 6) is -0.0445. The molecule has 2 aromatic carbocycles. The molecule has 2 aromatic heterocycles. The maximum Gasteiger partial charge on any atom is 0.261 e. The van der Waals surface area contributed by atoms with Crippen molar-refractivity contribution < 1.29 is 4.79 Å². The summed E-state index contributed by atoms with van der Waals surface area (Å²) in [5.41, 5.74) is 2.60. The monoisotopic (exact) mass is 392 g/mol. The molecule has 0 aliphatic carbocycles. The largest absolute Gasteiger partial charge is 0.350 e. The maximum absolute atomic E-state index is 12.6. The van der Waals surface area contributed by atoms with Gasteiger partial charge in [0.1, 0.15) is 5.01 Å². The quantitative estimate of drug-likeness (QED) is 0.545. The van der Waals surface area contributed by atoms with Crippen LogP contribution in [0.25, 0.3) is 21.1 Å². The van der Waals surface area contributed by atoms with Gasteiger partial charge in [-0.15, -0.1) is 11.3 Å². The molecule has 0 bridgehead atoms. The van der Waals surface area contributed by atoms with Gasteiger partial charge in [0.05, 0.1) is 34.0 Å². The number of fused-ring (bicyclic) bond motifs is 2. The predicted octanol–water partition coefficient (Wildman–Crippen LogP) is 3.41. The third kappa shape index (κ3) is 3.80. The first kappa shape index (κ1) is 18.3. The number of hydrogen-bond donors (Lipinski definition) is 1. The van der Waals surface area contributed by atoms with Gasteiger partial charge < -0.3 is 5.32 Å². The molecule has 4 rings (SSSR count). The number of carbonyl (C=O) groups excluding carboxylic acids is 1. The average Bonchev–Trinajstić information content (AvgIpc) is 3.12. The number of amides is 1. The minimum absolute atomic E-state index is 0.0445. The summed E-state index contributed by atoms with van der Waals surface area (Å²) >= 11 is 1.58. The Morgan fingerprint density at radius 3 is 2.89 bits per heavy atom. The molecule has 0 aliphatic rings. The van der Waals surface area contributed by atoms with E-state index in [4.69, 9.17) is 0 Å².